The van der Waals surface area contributed by atoms with Crippen molar-refractivity contribution in [3.8, 4) is 0 Å². The summed E-state index contributed by atoms with van der Waals surface area (Å²) in [6.07, 6.45) is 1.79. The largest absolute Gasteiger partial charge is 0.478 e. The van der Waals surface area contributed by atoms with Gasteiger partial charge >= 0.3 is 17.9 Å². The number of benzene rings is 1. The van der Waals surface area contributed by atoms with E-state index in [4.69, 9.17) is 14.9 Å². The summed E-state index contributed by atoms with van der Waals surface area (Å²) < 4.78 is 5.28. The van der Waals surface area contributed by atoms with Crippen molar-refractivity contribution in [2.24, 2.45) is 4.99 Å². The summed E-state index contributed by atoms with van der Waals surface area (Å²) in [7, 11) is 0. The zero-order valence-electron chi connectivity index (χ0n) is 13.6. The number of amidine groups is 1. The smallest absolute Gasteiger partial charge is 0.328 e. The van der Waals surface area contributed by atoms with Crippen LogP contribution in [0.5, 0.6) is 0 Å². The van der Waals surface area contributed by atoms with Crippen LogP contribution in [0.25, 0.3) is 0 Å². The average Bonchev–Trinajstić information content (AvgIpc) is 2.93. The molecule has 8 nitrogen and oxygen atoms in total. The lowest BCUT2D eigenvalue weighted by Gasteiger charge is -2.25. The van der Waals surface area contributed by atoms with Gasteiger partial charge in [0.25, 0.3) is 0 Å². The Bertz CT molecular complexity index is 724. The Hall–Kier alpha value is -3.16. The second-order valence-electron chi connectivity index (χ2n) is 5.42. The van der Waals surface area contributed by atoms with Crippen molar-refractivity contribution in [1.29, 1.82) is 0 Å². The van der Waals surface area contributed by atoms with Crippen LogP contribution in [0.1, 0.15) is 18.9 Å². The SMILES string of the molecule is CC(=O)OC1CCN2Cc3ccccc3N=C12.O=C(O)/C=C/C(=O)O. The number of carboxylic acids is 2. The third-order valence-electron chi connectivity index (χ3n) is 3.54. The lowest BCUT2D eigenvalue weighted by Crippen LogP contribution is -2.33. The number of hydrogen-bond acceptors (Lipinski definition) is 6. The summed E-state index contributed by atoms with van der Waals surface area (Å²) in [5.74, 6) is -1.85. The highest BCUT2D eigenvalue weighted by Crippen LogP contribution is 2.30. The normalized spacial score (nSPS) is 17.7. The van der Waals surface area contributed by atoms with E-state index in [1.807, 2.05) is 18.2 Å². The van der Waals surface area contributed by atoms with E-state index >= 15 is 0 Å². The Kier molecular flexibility index (Phi) is 5.89. The number of ether oxygens (including phenoxy) is 1. The van der Waals surface area contributed by atoms with Crippen molar-refractivity contribution < 1.29 is 29.3 Å². The fourth-order valence-corrected chi connectivity index (χ4v) is 2.56. The number of aliphatic carboxylic acids is 2. The number of carbonyl (C=O) groups is 3. The van der Waals surface area contributed by atoms with Crippen LogP contribution in [-0.4, -0.2) is 51.5 Å². The van der Waals surface area contributed by atoms with Crippen molar-refractivity contribution in [2.75, 3.05) is 6.54 Å². The number of carbonyl (C=O) groups excluding carboxylic acids is 1. The van der Waals surface area contributed by atoms with Crippen molar-refractivity contribution in [3.05, 3.63) is 42.0 Å². The molecule has 1 aromatic carbocycles. The molecule has 2 heterocycles. The first-order chi connectivity index (χ1) is 11.9. The Morgan fingerprint density at radius 2 is 1.84 bits per heavy atom. The summed E-state index contributed by atoms with van der Waals surface area (Å²) in [6.45, 7) is 3.22. The predicted octanol–water partition coefficient (Wildman–Crippen LogP) is 1.58. The maximum absolute atomic E-state index is 11.0. The van der Waals surface area contributed by atoms with E-state index in [2.05, 4.69) is 16.0 Å². The molecule has 2 N–H and O–H groups in total. The minimum absolute atomic E-state index is 0.166. The summed E-state index contributed by atoms with van der Waals surface area (Å²) in [5.41, 5.74) is 2.23. The van der Waals surface area contributed by atoms with Crippen LogP contribution in [0.3, 0.4) is 0 Å². The Labute approximate surface area is 144 Å². The number of aliphatic imine (C=N–C) groups is 1. The fraction of sp³-hybridized carbons (Fsp3) is 0.294. The molecule has 3 rings (SSSR count). The molecule has 0 radical (unpaired) electrons. The van der Waals surface area contributed by atoms with Crippen molar-refractivity contribution >= 4 is 29.4 Å². The highest BCUT2D eigenvalue weighted by atomic mass is 16.5. The Morgan fingerprint density at radius 3 is 2.44 bits per heavy atom. The van der Waals surface area contributed by atoms with Gasteiger partial charge in [0.1, 0.15) is 5.84 Å². The molecule has 132 valence electrons. The van der Waals surface area contributed by atoms with Gasteiger partial charge in [-0.1, -0.05) is 18.2 Å². The van der Waals surface area contributed by atoms with Gasteiger partial charge in [-0.2, -0.15) is 0 Å². The van der Waals surface area contributed by atoms with E-state index in [-0.39, 0.29) is 12.1 Å². The number of rotatable bonds is 3. The molecule has 1 fully saturated rings. The minimum Gasteiger partial charge on any atom is -0.478 e. The third-order valence-corrected chi connectivity index (χ3v) is 3.54. The summed E-state index contributed by atoms with van der Waals surface area (Å²) >= 11 is 0. The maximum atomic E-state index is 11.0. The van der Waals surface area contributed by atoms with Crippen LogP contribution in [0.2, 0.25) is 0 Å². The second kappa shape index (κ2) is 8.09. The van der Waals surface area contributed by atoms with E-state index < -0.39 is 11.9 Å². The Balaban J connectivity index is 0.000000242. The van der Waals surface area contributed by atoms with Gasteiger partial charge in [-0.25, -0.2) is 14.6 Å². The molecule has 0 bridgehead atoms. The van der Waals surface area contributed by atoms with E-state index in [9.17, 15) is 14.4 Å². The van der Waals surface area contributed by atoms with Gasteiger partial charge in [0.05, 0.1) is 5.69 Å². The zero-order chi connectivity index (χ0) is 18.4. The lowest BCUT2D eigenvalue weighted by atomic mass is 10.1. The molecular weight excluding hydrogens is 328 g/mol. The summed E-state index contributed by atoms with van der Waals surface area (Å²) in [4.78, 5) is 36.9. The van der Waals surface area contributed by atoms with Crippen molar-refractivity contribution in [1.82, 2.24) is 4.90 Å². The molecule has 1 unspecified atom stereocenters. The number of para-hydroxylation sites is 1. The van der Waals surface area contributed by atoms with Crippen LogP contribution in [-0.2, 0) is 25.7 Å². The molecule has 1 saturated heterocycles. The van der Waals surface area contributed by atoms with Gasteiger partial charge in [0.2, 0.25) is 0 Å². The van der Waals surface area contributed by atoms with Gasteiger partial charge < -0.3 is 19.8 Å². The van der Waals surface area contributed by atoms with Crippen LogP contribution >= 0.6 is 0 Å². The standard InChI is InChI=1S/C13H14N2O2.C4H4O4/c1-9(16)17-12-6-7-15-8-10-4-2-3-5-11(10)14-13(12)15;5-3(6)1-2-4(7)8/h2-5,12H,6-8H2,1H3;1-2H,(H,5,6)(H,7,8)/b;2-1+. The average molecular weight is 346 g/mol. The Morgan fingerprint density at radius 1 is 1.20 bits per heavy atom. The molecule has 0 aliphatic carbocycles. The number of fused-ring (bicyclic) bond motifs is 2. The molecular formula is C17H18N2O6. The van der Waals surface area contributed by atoms with Crippen molar-refractivity contribution in [2.45, 2.75) is 26.0 Å². The second-order valence-corrected chi connectivity index (χ2v) is 5.42. The maximum Gasteiger partial charge on any atom is 0.328 e. The summed E-state index contributed by atoms with van der Waals surface area (Å²) in [5, 5.41) is 15.6. The van der Waals surface area contributed by atoms with Crippen LogP contribution in [0.15, 0.2) is 41.4 Å². The van der Waals surface area contributed by atoms with E-state index in [0.29, 0.717) is 12.2 Å². The van der Waals surface area contributed by atoms with Gasteiger partial charge in [0, 0.05) is 38.6 Å². The first-order valence-corrected chi connectivity index (χ1v) is 7.59. The molecule has 0 aromatic heterocycles. The molecule has 8 heteroatoms. The molecule has 1 atom stereocenters. The predicted molar refractivity (Wildman–Crippen MR) is 88.5 cm³/mol. The first-order valence-electron chi connectivity index (χ1n) is 7.59. The minimum atomic E-state index is -1.26. The van der Waals surface area contributed by atoms with Crippen LogP contribution in [0.4, 0.5) is 5.69 Å². The molecule has 0 amide bonds. The molecule has 0 spiro atoms. The zero-order valence-corrected chi connectivity index (χ0v) is 13.6. The van der Waals surface area contributed by atoms with Gasteiger partial charge in [-0.05, 0) is 11.6 Å². The van der Waals surface area contributed by atoms with E-state index in [1.165, 1.54) is 12.5 Å². The highest BCUT2D eigenvalue weighted by Gasteiger charge is 2.34. The number of carboxylic acid groups (broad SMARTS) is 2. The van der Waals surface area contributed by atoms with E-state index in [1.54, 1.807) is 0 Å². The number of nitrogens with zero attached hydrogens (tertiary/aromatic N) is 2. The number of hydrogen-bond donors (Lipinski definition) is 2. The number of esters is 1. The fourth-order valence-electron chi connectivity index (χ4n) is 2.56. The summed E-state index contributed by atoms with van der Waals surface area (Å²) in [6, 6.07) is 8.10. The monoisotopic (exact) mass is 346 g/mol. The quantitative estimate of drug-likeness (QED) is 0.630. The third kappa shape index (κ3) is 5.17. The lowest BCUT2D eigenvalue weighted by molar-refractivity contribution is -0.143. The molecule has 2 aliphatic rings. The molecule has 25 heavy (non-hydrogen) atoms. The first kappa shape index (κ1) is 18.2. The van der Waals surface area contributed by atoms with Gasteiger partial charge in [-0.15, -0.1) is 0 Å². The van der Waals surface area contributed by atoms with Gasteiger partial charge in [-0.3, -0.25) is 4.79 Å². The van der Waals surface area contributed by atoms with Crippen LogP contribution < -0.4 is 0 Å². The van der Waals surface area contributed by atoms with Crippen LogP contribution in [0, 0.1) is 0 Å². The topological polar surface area (TPSA) is 117 Å². The molecule has 2 aliphatic heterocycles. The van der Waals surface area contributed by atoms with Gasteiger partial charge in [0.15, 0.2) is 6.10 Å². The highest BCUT2D eigenvalue weighted by molar-refractivity contribution is 5.93. The van der Waals surface area contributed by atoms with E-state index in [0.717, 1.165) is 31.0 Å². The molecule has 0 saturated carbocycles. The van der Waals surface area contributed by atoms with Crippen molar-refractivity contribution in [3.63, 3.8) is 0 Å². The molecule has 1 aromatic rings.